The van der Waals surface area contributed by atoms with E-state index in [9.17, 15) is 31.9 Å². The van der Waals surface area contributed by atoms with E-state index in [1.54, 1.807) is 0 Å². The van der Waals surface area contributed by atoms with Crippen LogP contribution in [-0.4, -0.2) is 46.6 Å². The van der Waals surface area contributed by atoms with E-state index in [0.29, 0.717) is 18.9 Å². The number of amides is 1. The highest BCUT2D eigenvalue weighted by atomic mass is 19.4. The third kappa shape index (κ3) is 4.08. The lowest BCUT2D eigenvalue weighted by Crippen LogP contribution is -2.50. The molecule has 2 aromatic carbocycles. The summed E-state index contributed by atoms with van der Waals surface area (Å²) in [5, 5.41) is 11.7. The summed E-state index contributed by atoms with van der Waals surface area (Å²) in [6.45, 7) is 5.71. The SMILES string of the molecule is CCN(CC)[C@H]1C[C@H](CN2C(=O)C(O)(c3c(F)cccc3F)c3c2cc(-c2ncco2)cc3C(F)(F)F)C1. The molecule has 11 heteroatoms. The molecule has 2 heterocycles. The summed E-state index contributed by atoms with van der Waals surface area (Å²) >= 11 is 0. The molecule has 1 unspecified atom stereocenters. The van der Waals surface area contributed by atoms with E-state index in [0.717, 1.165) is 36.2 Å². The minimum Gasteiger partial charge on any atom is -0.445 e. The molecule has 0 radical (unpaired) electrons. The van der Waals surface area contributed by atoms with Gasteiger partial charge in [-0.15, -0.1) is 0 Å². The molecule has 1 aliphatic heterocycles. The topological polar surface area (TPSA) is 69.8 Å². The molecule has 1 fully saturated rings. The molecule has 0 saturated heterocycles. The van der Waals surface area contributed by atoms with Crippen LogP contribution in [0.5, 0.6) is 0 Å². The second-order valence-corrected chi connectivity index (χ2v) is 9.69. The van der Waals surface area contributed by atoms with Crippen molar-refractivity contribution in [2.24, 2.45) is 5.92 Å². The normalized spacial score (nSPS) is 23.2. The van der Waals surface area contributed by atoms with Gasteiger partial charge in [0.15, 0.2) is 0 Å². The minimum absolute atomic E-state index is 0.0195. The number of alkyl halides is 3. The number of carbonyl (C=O) groups is 1. The van der Waals surface area contributed by atoms with Crippen LogP contribution in [0.1, 0.15) is 43.4 Å². The van der Waals surface area contributed by atoms with Crippen LogP contribution in [0.2, 0.25) is 0 Å². The fraction of sp³-hybridized carbons (Fsp3) is 0.407. The first kappa shape index (κ1) is 26.3. The van der Waals surface area contributed by atoms with Gasteiger partial charge in [0.2, 0.25) is 11.5 Å². The maximum Gasteiger partial charge on any atom is 0.416 e. The van der Waals surface area contributed by atoms with Crippen molar-refractivity contribution in [3.63, 3.8) is 0 Å². The van der Waals surface area contributed by atoms with Crippen molar-refractivity contribution in [3.8, 4) is 11.5 Å². The molecule has 3 aromatic rings. The third-order valence-corrected chi connectivity index (χ3v) is 7.61. The summed E-state index contributed by atoms with van der Waals surface area (Å²) < 4.78 is 78.4. The van der Waals surface area contributed by atoms with Gasteiger partial charge in [0, 0.05) is 23.7 Å². The number of oxazole rings is 1. The highest BCUT2D eigenvalue weighted by Crippen LogP contribution is 2.53. The van der Waals surface area contributed by atoms with Crippen molar-refractivity contribution in [2.75, 3.05) is 24.5 Å². The van der Waals surface area contributed by atoms with Crippen LogP contribution in [0.15, 0.2) is 47.2 Å². The van der Waals surface area contributed by atoms with Gasteiger partial charge in [-0.05, 0) is 56.1 Å². The van der Waals surface area contributed by atoms with E-state index in [4.69, 9.17) is 4.42 Å². The molecular formula is C27H26F5N3O3. The Morgan fingerprint density at radius 2 is 1.79 bits per heavy atom. The van der Waals surface area contributed by atoms with Crippen molar-refractivity contribution in [3.05, 3.63) is 71.1 Å². The number of halogens is 5. The molecule has 0 bridgehead atoms. The molecule has 0 spiro atoms. The van der Waals surface area contributed by atoms with Crippen molar-refractivity contribution in [2.45, 2.75) is 44.5 Å². The van der Waals surface area contributed by atoms with Crippen LogP contribution in [-0.2, 0) is 16.6 Å². The molecular weight excluding hydrogens is 509 g/mol. The van der Waals surface area contributed by atoms with Gasteiger partial charge in [0.05, 0.1) is 23.0 Å². The fourth-order valence-corrected chi connectivity index (χ4v) is 5.75. The highest BCUT2D eigenvalue weighted by molar-refractivity contribution is 6.10. The van der Waals surface area contributed by atoms with Crippen molar-refractivity contribution in [1.82, 2.24) is 9.88 Å². The first-order chi connectivity index (χ1) is 18.0. The maximum absolute atomic E-state index is 14.9. The molecule has 6 nitrogen and oxygen atoms in total. The number of aliphatic hydroxyl groups is 1. The Hall–Kier alpha value is -3.31. The number of aromatic nitrogens is 1. The zero-order valence-corrected chi connectivity index (χ0v) is 20.7. The zero-order chi connectivity index (χ0) is 27.4. The molecule has 38 heavy (non-hydrogen) atoms. The molecule has 2 aliphatic rings. The number of hydrogen-bond acceptors (Lipinski definition) is 5. The van der Waals surface area contributed by atoms with Gasteiger partial charge in [0.1, 0.15) is 17.9 Å². The molecule has 5 rings (SSSR count). The lowest BCUT2D eigenvalue weighted by Gasteiger charge is -2.43. The monoisotopic (exact) mass is 535 g/mol. The number of nitrogens with zero attached hydrogens (tertiary/aromatic N) is 3. The summed E-state index contributed by atoms with van der Waals surface area (Å²) in [6, 6.07) is 4.77. The summed E-state index contributed by atoms with van der Waals surface area (Å²) in [4.78, 5) is 21.0. The van der Waals surface area contributed by atoms with Crippen molar-refractivity contribution < 1.29 is 36.3 Å². The first-order valence-corrected chi connectivity index (χ1v) is 12.4. The Morgan fingerprint density at radius 1 is 1.13 bits per heavy atom. The average Bonchev–Trinajstić information content (AvgIpc) is 3.44. The quantitative estimate of drug-likeness (QED) is 0.414. The van der Waals surface area contributed by atoms with Gasteiger partial charge in [0.25, 0.3) is 5.91 Å². The van der Waals surface area contributed by atoms with E-state index in [2.05, 4.69) is 9.88 Å². The second kappa shape index (κ2) is 9.46. The molecule has 1 N–H and O–H groups in total. The van der Waals surface area contributed by atoms with Crippen molar-refractivity contribution in [1.29, 1.82) is 0 Å². The Morgan fingerprint density at radius 3 is 2.34 bits per heavy atom. The number of hydrogen-bond donors (Lipinski definition) is 1. The Kier molecular flexibility index (Phi) is 6.55. The minimum atomic E-state index is -5.08. The van der Waals surface area contributed by atoms with E-state index in [1.165, 1.54) is 18.5 Å². The highest BCUT2D eigenvalue weighted by Gasteiger charge is 2.58. The largest absolute Gasteiger partial charge is 0.445 e. The summed E-state index contributed by atoms with van der Waals surface area (Å²) in [5.41, 5.74) is -7.06. The van der Waals surface area contributed by atoms with Crippen LogP contribution in [0.4, 0.5) is 27.6 Å². The molecule has 202 valence electrons. The predicted octanol–water partition coefficient (Wildman–Crippen LogP) is 5.34. The van der Waals surface area contributed by atoms with Gasteiger partial charge >= 0.3 is 6.18 Å². The number of carbonyl (C=O) groups excluding carboxylic acids is 1. The molecule has 1 atom stereocenters. The summed E-state index contributed by atoms with van der Waals surface area (Å²) in [5.74, 6) is -4.11. The number of fused-ring (bicyclic) bond motifs is 1. The lowest BCUT2D eigenvalue weighted by molar-refractivity contribution is -0.142. The van der Waals surface area contributed by atoms with Gasteiger partial charge in [-0.25, -0.2) is 13.8 Å². The predicted molar refractivity (Wildman–Crippen MR) is 128 cm³/mol. The first-order valence-electron chi connectivity index (χ1n) is 12.4. The third-order valence-electron chi connectivity index (χ3n) is 7.61. The Bertz CT molecular complexity index is 1330. The molecule has 1 amide bonds. The van der Waals surface area contributed by atoms with Crippen LogP contribution in [0.25, 0.3) is 11.5 Å². The number of rotatable bonds is 7. The van der Waals surface area contributed by atoms with Crippen LogP contribution < -0.4 is 4.90 Å². The van der Waals surface area contributed by atoms with Gasteiger partial charge in [-0.3, -0.25) is 4.79 Å². The zero-order valence-electron chi connectivity index (χ0n) is 20.7. The van der Waals surface area contributed by atoms with Crippen LogP contribution in [0, 0.1) is 17.6 Å². The molecule has 1 saturated carbocycles. The van der Waals surface area contributed by atoms with Crippen LogP contribution in [0.3, 0.4) is 0 Å². The summed E-state index contributed by atoms with van der Waals surface area (Å²) in [7, 11) is 0. The number of benzene rings is 2. The van der Waals surface area contributed by atoms with Gasteiger partial charge in [-0.2, -0.15) is 13.2 Å². The van der Waals surface area contributed by atoms with Gasteiger partial charge < -0.3 is 19.3 Å². The van der Waals surface area contributed by atoms with E-state index >= 15 is 0 Å². The van der Waals surface area contributed by atoms with Gasteiger partial charge in [-0.1, -0.05) is 19.9 Å². The second-order valence-electron chi connectivity index (χ2n) is 9.69. The van der Waals surface area contributed by atoms with E-state index in [-0.39, 0.29) is 35.6 Å². The summed E-state index contributed by atoms with van der Waals surface area (Å²) in [6.07, 6.45) is -1.25. The molecule has 1 aromatic heterocycles. The Balaban J connectivity index is 1.68. The maximum atomic E-state index is 14.9. The smallest absolute Gasteiger partial charge is 0.416 e. The van der Waals surface area contributed by atoms with Crippen molar-refractivity contribution >= 4 is 11.6 Å². The molecule has 1 aliphatic carbocycles. The van der Waals surface area contributed by atoms with Crippen LogP contribution >= 0.6 is 0 Å². The number of anilines is 1. The Labute approximate surface area is 215 Å². The standard InChI is InChI=1S/C27H26F5N3O3/c1-3-34(4-2)17-10-15(11-17)14-35-21-13-16(24-33-8-9-38-24)12-18(27(30,31)32)22(21)26(37,25(35)36)23-19(28)6-5-7-20(23)29/h5-9,12-13,15,17,37H,3-4,10-11,14H2,1-2H3/t15-,17-,26?. The average molecular weight is 536 g/mol. The lowest BCUT2D eigenvalue weighted by atomic mass is 9.78. The fourth-order valence-electron chi connectivity index (χ4n) is 5.75. The van der Waals surface area contributed by atoms with E-state index in [1.807, 2.05) is 13.8 Å². The van der Waals surface area contributed by atoms with E-state index < -0.39 is 46.0 Å².